The molecule has 0 saturated carbocycles. The van der Waals surface area contributed by atoms with Crippen LogP contribution in [0.25, 0.3) is 0 Å². The number of aliphatic hydroxyl groups excluding tert-OH is 1. The Morgan fingerprint density at radius 1 is 1.43 bits per heavy atom. The van der Waals surface area contributed by atoms with Crippen LogP contribution in [0, 0.1) is 0 Å². The highest BCUT2D eigenvalue weighted by Crippen LogP contribution is 2.30. The van der Waals surface area contributed by atoms with Gasteiger partial charge in [0.15, 0.2) is 0 Å². The number of halogens is 1. The number of methoxy groups -OCH3 is 1. The van der Waals surface area contributed by atoms with E-state index in [0.717, 1.165) is 5.56 Å². The second-order valence-corrected chi connectivity index (χ2v) is 4.30. The van der Waals surface area contributed by atoms with Crippen molar-refractivity contribution in [1.82, 2.24) is 0 Å². The van der Waals surface area contributed by atoms with Gasteiger partial charge in [-0.05, 0) is 17.7 Å². The van der Waals surface area contributed by atoms with E-state index in [9.17, 15) is 5.11 Å². The number of hydrogen-bond donors (Lipinski definition) is 1. The molecule has 0 heterocycles. The lowest BCUT2D eigenvalue weighted by Crippen LogP contribution is -2.21. The SMILES string of the molecule is COc1ccc(C(C)(C)CO)cc1Cl. The Balaban J connectivity index is 3.08. The molecule has 2 nitrogen and oxygen atoms in total. The third kappa shape index (κ3) is 2.20. The van der Waals surface area contributed by atoms with Crippen LogP contribution in [-0.4, -0.2) is 18.8 Å². The predicted molar refractivity (Wildman–Crippen MR) is 58.1 cm³/mol. The highest BCUT2D eigenvalue weighted by atomic mass is 35.5. The summed E-state index contributed by atoms with van der Waals surface area (Å²) in [5.41, 5.74) is 0.737. The zero-order valence-electron chi connectivity index (χ0n) is 8.67. The number of hydrogen-bond acceptors (Lipinski definition) is 2. The van der Waals surface area contributed by atoms with E-state index < -0.39 is 0 Å². The van der Waals surface area contributed by atoms with Crippen LogP contribution in [0.1, 0.15) is 19.4 Å². The third-order valence-corrected chi connectivity index (χ3v) is 2.62. The van der Waals surface area contributed by atoms with Crippen LogP contribution in [0.15, 0.2) is 18.2 Å². The summed E-state index contributed by atoms with van der Waals surface area (Å²) in [5.74, 6) is 0.657. The van der Waals surface area contributed by atoms with Crippen molar-refractivity contribution in [1.29, 1.82) is 0 Å². The molecule has 0 unspecified atom stereocenters. The molecule has 0 aliphatic heterocycles. The molecular weight excluding hydrogens is 200 g/mol. The first kappa shape index (κ1) is 11.3. The molecular formula is C11H15ClO2. The summed E-state index contributed by atoms with van der Waals surface area (Å²) >= 11 is 5.99. The maximum Gasteiger partial charge on any atom is 0.137 e. The lowest BCUT2D eigenvalue weighted by molar-refractivity contribution is 0.218. The van der Waals surface area contributed by atoms with Crippen molar-refractivity contribution in [3.05, 3.63) is 28.8 Å². The number of ether oxygens (including phenoxy) is 1. The van der Waals surface area contributed by atoms with E-state index in [4.69, 9.17) is 16.3 Å². The number of benzene rings is 1. The Kier molecular flexibility index (Phi) is 3.40. The van der Waals surface area contributed by atoms with E-state index in [1.807, 2.05) is 32.0 Å². The molecule has 0 fully saturated rings. The molecule has 1 aromatic rings. The fourth-order valence-corrected chi connectivity index (χ4v) is 1.44. The zero-order valence-corrected chi connectivity index (χ0v) is 9.43. The van der Waals surface area contributed by atoms with Crippen LogP contribution in [0.4, 0.5) is 0 Å². The van der Waals surface area contributed by atoms with Gasteiger partial charge in [-0.3, -0.25) is 0 Å². The molecule has 0 amide bonds. The van der Waals surface area contributed by atoms with Crippen molar-refractivity contribution in [3.63, 3.8) is 0 Å². The van der Waals surface area contributed by atoms with Crippen LogP contribution in [0.5, 0.6) is 5.75 Å². The van der Waals surface area contributed by atoms with Gasteiger partial charge >= 0.3 is 0 Å². The summed E-state index contributed by atoms with van der Waals surface area (Å²) in [5, 5.41) is 9.77. The van der Waals surface area contributed by atoms with Crippen LogP contribution in [0.2, 0.25) is 5.02 Å². The van der Waals surface area contributed by atoms with Gasteiger partial charge in [0.25, 0.3) is 0 Å². The molecule has 0 saturated heterocycles. The van der Waals surface area contributed by atoms with Gasteiger partial charge in [0.1, 0.15) is 5.75 Å². The number of rotatable bonds is 3. The van der Waals surface area contributed by atoms with Gasteiger partial charge in [0.2, 0.25) is 0 Å². The normalized spacial score (nSPS) is 11.5. The van der Waals surface area contributed by atoms with Crippen molar-refractivity contribution >= 4 is 11.6 Å². The van der Waals surface area contributed by atoms with E-state index in [-0.39, 0.29) is 12.0 Å². The van der Waals surface area contributed by atoms with Crippen molar-refractivity contribution in [2.45, 2.75) is 19.3 Å². The Bertz CT molecular complexity index is 321. The lowest BCUT2D eigenvalue weighted by Gasteiger charge is -2.22. The molecule has 0 aromatic heterocycles. The van der Waals surface area contributed by atoms with Crippen LogP contribution >= 0.6 is 11.6 Å². The fourth-order valence-electron chi connectivity index (χ4n) is 1.18. The van der Waals surface area contributed by atoms with Gasteiger partial charge in [-0.2, -0.15) is 0 Å². The molecule has 78 valence electrons. The summed E-state index contributed by atoms with van der Waals surface area (Å²) < 4.78 is 5.05. The molecule has 0 atom stereocenters. The second kappa shape index (κ2) is 4.20. The molecule has 1 rings (SSSR count). The fraction of sp³-hybridized carbons (Fsp3) is 0.455. The van der Waals surface area contributed by atoms with E-state index >= 15 is 0 Å². The molecule has 0 aliphatic carbocycles. The first-order chi connectivity index (χ1) is 6.51. The Labute approximate surface area is 89.5 Å². The van der Waals surface area contributed by atoms with Crippen LogP contribution in [-0.2, 0) is 5.41 Å². The largest absolute Gasteiger partial charge is 0.495 e. The lowest BCUT2D eigenvalue weighted by atomic mass is 9.86. The molecule has 0 bridgehead atoms. The average molecular weight is 215 g/mol. The Morgan fingerprint density at radius 3 is 2.50 bits per heavy atom. The molecule has 14 heavy (non-hydrogen) atoms. The Morgan fingerprint density at radius 2 is 2.07 bits per heavy atom. The number of aliphatic hydroxyl groups is 1. The monoisotopic (exact) mass is 214 g/mol. The summed E-state index contributed by atoms with van der Waals surface area (Å²) in [4.78, 5) is 0. The van der Waals surface area contributed by atoms with E-state index in [1.54, 1.807) is 7.11 Å². The standard InChI is InChI=1S/C11H15ClO2/c1-11(2,7-13)8-4-5-10(14-3)9(12)6-8/h4-6,13H,7H2,1-3H3. The minimum Gasteiger partial charge on any atom is -0.495 e. The summed E-state index contributed by atoms with van der Waals surface area (Å²) in [6, 6.07) is 5.56. The minimum atomic E-state index is -0.268. The van der Waals surface area contributed by atoms with Gasteiger partial charge in [0, 0.05) is 5.41 Å². The van der Waals surface area contributed by atoms with Gasteiger partial charge in [-0.15, -0.1) is 0 Å². The maximum atomic E-state index is 9.19. The van der Waals surface area contributed by atoms with Gasteiger partial charge in [-0.25, -0.2) is 0 Å². The predicted octanol–water partition coefficient (Wildman–Crippen LogP) is 2.62. The summed E-state index contributed by atoms with van der Waals surface area (Å²) in [6.45, 7) is 4.02. The maximum absolute atomic E-state index is 9.19. The molecule has 0 spiro atoms. The van der Waals surface area contributed by atoms with Crippen molar-refractivity contribution in [2.75, 3.05) is 13.7 Å². The Hall–Kier alpha value is -0.730. The highest BCUT2D eigenvalue weighted by Gasteiger charge is 2.20. The topological polar surface area (TPSA) is 29.5 Å². The van der Waals surface area contributed by atoms with Gasteiger partial charge in [0.05, 0.1) is 18.7 Å². The molecule has 1 aromatic carbocycles. The molecule has 0 radical (unpaired) electrons. The summed E-state index contributed by atoms with van der Waals surface area (Å²) in [7, 11) is 1.58. The van der Waals surface area contributed by atoms with E-state index in [0.29, 0.717) is 10.8 Å². The third-order valence-electron chi connectivity index (χ3n) is 2.33. The van der Waals surface area contributed by atoms with E-state index in [2.05, 4.69) is 0 Å². The average Bonchev–Trinajstić information content (AvgIpc) is 2.17. The first-order valence-corrected chi connectivity index (χ1v) is 4.84. The minimum absolute atomic E-state index is 0.0929. The molecule has 3 heteroatoms. The van der Waals surface area contributed by atoms with Crippen LogP contribution < -0.4 is 4.74 Å². The van der Waals surface area contributed by atoms with Crippen molar-refractivity contribution in [3.8, 4) is 5.75 Å². The first-order valence-electron chi connectivity index (χ1n) is 4.46. The van der Waals surface area contributed by atoms with Gasteiger partial charge in [-0.1, -0.05) is 31.5 Å². The highest BCUT2D eigenvalue weighted by molar-refractivity contribution is 6.32. The van der Waals surface area contributed by atoms with Crippen molar-refractivity contribution in [2.24, 2.45) is 0 Å². The molecule has 0 aliphatic rings. The smallest absolute Gasteiger partial charge is 0.137 e. The zero-order chi connectivity index (χ0) is 10.8. The molecule has 1 N–H and O–H groups in total. The van der Waals surface area contributed by atoms with Crippen molar-refractivity contribution < 1.29 is 9.84 Å². The van der Waals surface area contributed by atoms with Gasteiger partial charge < -0.3 is 9.84 Å². The second-order valence-electron chi connectivity index (χ2n) is 3.89. The van der Waals surface area contributed by atoms with E-state index in [1.165, 1.54) is 0 Å². The summed E-state index contributed by atoms with van der Waals surface area (Å²) in [6.07, 6.45) is 0. The van der Waals surface area contributed by atoms with Crippen LogP contribution in [0.3, 0.4) is 0 Å². The quantitative estimate of drug-likeness (QED) is 0.838.